The van der Waals surface area contributed by atoms with Crippen LogP contribution < -0.4 is 4.74 Å². The summed E-state index contributed by atoms with van der Waals surface area (Å²) in [7, 11) is 0. The number of hydrogen-bond acceptors (Lipinski definition) is 1. The van der Waals surface area contributed by atoms with Gasteiger partial charge < -0.3 is 4.74 Å². The van der Waals surface area contributed by atoms with Crippen molar-refractivity contribution in [3.63, 3.8) is 0 Å². The first-order valence-electron chi connectivity index (χ1n) is 11.4. The smallest absolute Gasteiger partial charge is 0.119 e. The van der Waals surface area contributed by atoms with Gasteiger partial charge in [-0.2, -0.15) is 0 Å². The van der Waals surface area contributed by atoms with E-state index >= 15 is 0 Å². The second kappa shape index (κ2) is 13.6. The van der Waals surface area contributed by atoms with Gasteiger partial charge in [-0.3, -0.25) is 0 Å². The third-order valence-corrected chi connectivity index (χ3v) is 5.57. The third kappa shape index (κ3) is 8.82. The van der Waals surface area contributed by atoms with E-state index in [9.17, 15) is 0 Å². The fraction of sp³-hybridized carbons (Fsp3) is 0.615. The van der Waals surface area contributed by atoms with E-state index in [0.717, 1.165) is 18.3 Å². The van der Waals surface area contributed by atoms with Gasteiger partial charge in [-0.05, 0) is 48.4 Å². The summed E-state index contributed by atoms with van der Waals surface area (Å²) in [5.41, 5.74) is 2.67. The minimum absolute atomic E-state index is 0.741. The first-order valence-corrected chi connectivity index (χ1v) is 11.4. The molecule has 2 rings (SSSR count). The lowest BCUT2D eigenvalue weighted by Crippen LogP contribution is -2.00. The fourth-order valence-electron chi connectivity index (χ4n) is 3.74. The van der Waals surface area contributed by atoms with E-state index in [1.165, 1.54) is 88.2 Å². The molecule has 1 aliphatic carbocycles. The molecule has 1 aliphatic rings. The molecule has 0 N–H and O–H groups in total. The molecule has 1 nitrogen and oxygen atoms in total. The van der Waals surface area contributed by atoms with Crippen molar-refractivity contribution in [2.75, 3.05) is 6.61 Å². The van der Waals surface area contributed by atoms with Gasteiger partial charge in [-0.25, -0.2) is 0 Å². The SMILES string of the molecule is CCCCCCCCOc1ccc(C2=CCC(CCCCCC)C=C2)cc1. The zero-order valence-corrected chi connectivity index (χ0v) is 17.7. The topological polar surface area (TPSA) is 9.23 Å². The zero-order chi connectivity index (χ0) is 19.2. The molecular formula is C26H40O. The molecule has 0 bridgehead atoms. The standard InChI is InChI=1S/C26H40O/c1-3-5-7-9-10-12-22-27-26-20-18-25(19-21-26)24-16-14-23(15-17-24)13-11-8-6-4-2/h14,16-21,23H,3-13,15,22H2,1-2H3. The van der Waals surface area contributed by atoms with Crippen LogP contribution in [0, 0.1) is 5.92 Å². The van der Waals surface area contributed by atoms with Crippen LogP contribution in [0.15, 0.2) is 42.5 Å². The van der Waals surface area contributed by atoms with E-state index in [2.05, 4.69) is 56.3 Å². The Morgan fingerprint density at radius 3 is 2.15 bits per heavy atom. The van der Waals surface area contributed by atoms with Crippen LogP contribution in [-0.4, -0.2) is 6.61 Å². The molecule has 0 heterocycles. The van der Waals surface area contributed by atoms with Crippen molar-refractivity contribution in [1.82, 2.24) is 0 Å². The van der Waals surface area contributed by atoms with Crippen molar-refractivity contribution in [3.05, 3.63) is 48.1 Å². The van der Waals surface area contributed by atoms with Crippen LogP contribution in [0.5, 0.6) is 5.75 Å². The number of rotatable bonds is 14. The number of allylic oxidation sites excluding steroid dienone is 4. The number of ether oxygens (including phenoxy) is 1. The molecule has 0 aromatic heterocycles. The van der Waals surface area contributed by atoms with Crippen LogP contribution in [0.1, 0.15) is 96.5 Å². The largest absolute Gasteiger partial charge is 0.494 e. The molecular weight excluding hydrogens is 328 g/mol. The molecule has 1 heteroatoms. The van der Waals surface area contributed by atoms with Gasteiger partial charge >= 0.3 is 0 Å². The Bertz CT molecular complexity index is 552. The van der Waals surface area contributed by atoms with Crippen LogP contribution in [-0.2, 0) is 0 Å². The second-order valence-corrected chi connectivity index (χ2v) is 8.00. The summed E-state index contributed by atoms with van der Waals surface area (Å²) in [6, 6.07) is 8.65. The molecule has 1 unspecified atom stereocenters. The molecule has 0 saturated heterocycles. The lowest BCUT2D eigenvalue weighted by Gasteiger charge is -2.16. The van der Waals surface area contributed by atoms with Gasteiger partial charge in [0.1, 0.15) is 5.75 Å². The van der Waals surface area contributed by atoms with Crippen LogP contribution in [0.4, 0.5) is 0 Å². The van der Waals surface area contributed by atoms with E-state index < -0.39 is 0 Å². The Balaban J connectivity index is 1.66. The van der Waals surface area contributed by atoms with Crippen molar-refractivity contribution in [2.24, 2.45) is 5.92 Å². The van der Waals surface area contributed by atoms with Crippen molar-refractivity contribution in [1.29, 1.82) is 0 Å². The summed E-state index contributed by atoms with van der Waals surface area (Å²) >= 11 is 0. The Hall–Kier alpha value is -1.50. The fourth-order valence-corrected chi connectivity index (χ4v) is 3.74. The van der Waals surface area contributed by atoms with Crippen LogP contribution in [0.3, 0.4) is 0 Å². The Morgan fingerprint density at radius 2 is 1.48 bits per heavy atom. The van der Waals surface area contributed by atoms with E-state index in [-0.39, 0.29) is 0 Å². The average Bonchev–Trinajstić information content (AvgIpc) is 2.71. The molecule has 1 atom stereocenters. The quantitative estimate of drug-likeness (QED) is 0.300. The maximum atomic E-state index is 5.90. The minimum Gasteiger partial charge on any atom is -0.494 e. The summed E-state index contributed by atoms with van der Waals surface area (Å²) in [5.74, 6) is 1.74. The Labute approximate surface area is 167 Å². The lowest BCUT2D eigenvalue weighted by atomic mass is 9.89. The monoisotopic (exact) mass is 368 g/mol. The molecule has 0 spiro atoms. The van der Waals surface area contributed by atoms with E-state index in [1.54, 1.807) is 0 Å². The number of benzene rings is 1. The van der Waals surface area contributed by atoms with Crippen molar-refractivity contribution in [2.45, 2.75) is 90.9 Å². The summed E-state index contributed by atoms with van der Waals surface area (Å²) in [4.78, 5) is 0. The molecule has 0 saturated carbocycles. The van der Waals surface area contributed by atoms with Gasteiger partial charge in [0.15, 0.2) is 0 Å². The van der Waals surface area contributed by atoms with Crippen LogP contribution >= 0.6 is 0 Å². The summed E-state index contributed by atoms with van der Waals surface area (Å²) in [6.45, 7) is 5.38. The van der Waals surface area contributed by atoms with Gasteiger partial charge in [-0.1, -0.05) is 102 Å². The predicted molar refractivity (Wildman–Crippen MR) is 119 cm³/mol. The number of hydrogen-bond donors (Lipinski definition) is 0. The number of unbranched alkanes of at least 4 members (excludes halogenated alkanes) is 8. The van der Waals surface area contributed by atoms with E-state index in [4.69, 9.17) is 4.74 Å². The van der Waals surface area contributed by atoms with Crippen LogP contribution in [0.25, 0.3) is 5.57 Å². The van der Waals surface area contributed by atoms with Crippen LogP contribution in [0.2, 0.25) is 0 Å². The van der Waals surface area contributed by atoms with Crippen molar-refractivity contribution in [3.8, 4) is 5.75 Å². The van der Waals surface area contributed by atoms with Gasteiger partial charge in [0, 0.05) is 0 Å². The maximum Gasteiger partial charge on any atom is 0.119 e. The average molecular weight is 369 g/mol. The first kappa shape index (κ1) is 21.8. The highest BCUT2D eigenvalue weighted by atomic mass is 16.5. The van der Waals surface area contributed by atoms with Gasteiger partial charge in [-0.15, -0.1) is 0 Å². The van der Waals surface area contributed by atoms with Gasteiger partial charge in [0.2, 0.25) is 0 Å². The highest BCUT2D eigenvalue weighted by molar-refractivity contribution is 5.75. The molecule has 0 amide bonds. The predicted octanol–water partition coefficient (Wildman–Crippen LogP) is 8.36. The highest BCUT2D eigenvalue weighted by Gasteiger charge is 2.10. The lowest BCUT2D eigenvalue weighted by molar-refractivity contribution is 0.304. The molecule has 150 valence electrons. The Kier molecular flexibility index (Phi) is 11.0. The zero-order valence-electron chi connectivity index (χ0n) is 17.7. The Morgan fingerprint density at radius 1 is 0.815 bits per heavy atom. The summed E-state index contributed by atoms with van der Waals surface area (Å²) in [5, 5.41) is 0. The highest BCUT2D eigenvalue weighted by Crippen LogP contribution is 2.28. The molecule has 0 radical (unpaired) electrons. The molecule has 1 aromatic rings. The summed E-state index contributed by atoms with van der Waals surface area (Å²) in [6.07, 6.45) is 23.0. The third-order valence-electron chi connectivity index (χ3n) is 5.57. The van der Waals surface area contributed by atoms with E-state index in [1.807, 2.05) is 0 Å². The van der Waals surface area contributed by atoms with Gasteiger partial charge in [0.25, 0.3) is 0 Å². The molecule has 0 fully saturated rings. The summed E-state index contributed by atoms with van der Waals surface area (Å²) < 4.78 is 5.90. The molecule has 0 aliphatic heterocycles. The van der Waals surface area contributed by atoms with E-state index in [0.29, 0.717) is 0 Å². The van der Waals surface area contributed by atoms with Crippen molar-refractivity contribution >= 4 is 5.57 Å². The first-order chi connectivity index (χ1) is 13.3. The van der Waals surface area contributed by atoms with Crippen molar-refractivity contribution < 1.29 is 4.74 Å². The van der Waals surface area contributed by atoms with Gasteiger partial charge in [0.05, 0.1) is 6.61 Å². The normalized spacial score (nSPS) is 16.4. The molecule has 1 aromatic carbocycles. The minimum atomic E-state index is 0.741. The molecule has 27 heavy (non-hydrogen) atoms. The maximum absolute atomic E-state index is 5.90. The second-order valence-electron chi connectivity index (χ2n) is 8.00.